The maximum Gasteiger partial charge on any atom is 2.00 e. The average Bonchev–Trinajstić information content (AvgIpc) is 2.69. The maximum atomic E-state index is 5.14. The second-order valence-electron chi connectivity index (χ2n) is 6.17. The molecular formula is C19H23N5RuS+2. The van der Waals surface area contributed by atoms with Crippen molar-refractivity contribution in [3.05, 3.63) is 48.8 Å². The van der Waals surface area contributed by atoms with Gasteiger partial charge >= 0.3 is 19.5 Å². The van der Waals surface area contributed by atoms with Crippen molar-refractivity contribution < 1.29 is 19.5 Å². The molecule has 3 aromatic rings. The Labute approximate surface area is 171 Å². The molecule has 4 N–H and O–H groups in total. The van der Waals surface area contributed by atoms with Gasteiger partial charge in [0.1, 0.15) is 0 Å². The zero-order chi connectivity index (χ0) is 17.5. The third kappa shape index (κ3) is 5.40. The van der Waals surface area contributed by atoms with Gasteiger partial charge in [0.15, 0.2) is 5.11 Å². The number of benzene rings is 1. The average molecular weight is 455 g/mol. The molecule has 0 atom stereocenters. The van der Waals surface area contributed by atoms with Crippen molar-refractivity contribution >= 4 is 39.1 Å². The first-order valence-corrected chi connectivity index (χ1v) is 9.04. The first-order valence-electron chi connectivity index (χ1n) is 8.63. The van der Waals surface area contributed by atoms with Crippen molar-refractivity contribution in [1.82, 2.24) is 20.7 Å². The quantitative estimate of drug-likeness (QED) is 0.172. The van der Waals surface area contributed by atoms with E-state index in [4.69, 9.17) is 18.1 Å². The smallest absolute Gasteiger partial charge is 0.359 e. The summed E-state index contributed by atoms with van der Waals surface area (Å²) in [4.78, 5) is 8.69. The number of pyridine rings is 2. The molecule has 0 amide bonds. The Kier molecular flexibility index (Phi) is 8.30. The van der Waals surface area contributed by atoms with E-state index in [1.165, 1.54) is 32.1 Å². The van der Waals surface area contributed by atoms with Crippen LogP contribution in [0.1, 0.15) is 32.1 Å². The summed E-state index contributed by atoms with van der Waals surface area (Å²) in [5, 5.41) is 6.01. The number of nitrogens with one attached hydrogen (secondary N) is 2. The third-order valence-corrected chi connectivity index (χ3v) is 4.65. The second-order valence-corrected chi connectivity index (χ2v) is 6.58. The molecule has 1 aliphatic carbocycles. The van der Waals surface area contributed by atoms with Gasteiger partial charge in [-0.15, -0.1) is 0 Å². The summed E-state index contributed by atoms with van der Waals surface area (Å²) in [6.07, 6.45) is 10.0. The van der Waals surface area contributed by atoms with Crippen LogP contribution < -0.4 is 16.6 Å². The van der Waals surface area contributed by atoms with Crippen LogP contribution in [0, 0.1) is 0 Å². The van der Waals surface area contributed by atoms with Gasteiger partial charge in [-0.05, 0) is 37.2 Å². The molecular weight excluding hydrogens is 431 g/mol. The van der Waals surface area contributed by atoms with E-state index >= 15 is 0 Å². The third-order valence-electron chi connectivity index (χ3n) is 4.42. The summed E-state index contributed by atoms with van der Waals surface area (Å²) in [6, 6.07) is 12.7. The van der Waals surface area contributed by atoms with Crippen LogP contribution in [0.2, 0.25) is 0 Å². The van der Waals surface area contributed by atoms with Gasteiger partial charge in [0.2, 0.25) is 0 Å². The van der Waals surface area contributed by atoms with E-state index in [9.17, 15) is 0 Å². The molecule has 0 spiro atoms. The Hall–Kier alpha value is -1.69. The maximum absolute atomic E-state index is 5.14. The molecule has 2 aromatic heterocycles. The van der Waals surface area contributed by atoms with Crippen molar-refractivity contribution in [3.8, 4) is 0 Å². The Morgan fingerprint density at radius 1 is 0.923 bits per heavy atom. The van der Waals surface area contributed by atoms with Crippen LogP contribution in [0.3, 0.4) is 0 Å². The standard InChI is InChI=1S/C12H8N2.C7H15N3S.Ru/c1-3-9-5-6-10-4-2-8-14-12(10)11(9)13-7-1;8-10-7(11)9-6-4-2-1-3-5-6;/h1-8H;6H,1-5,8H2,(H2,9,10,11);/q;;+2. The first kappa shape index (κ1) is 20.6. The van der Waals surface area contributed by atoms with Gasteiger partial charge in [0.25, 0.3) is 0 Å². The van der Waals surface area contributed by atoms with E-state index in [1.807, 2.05) is 12.1 Å². The fourth-order valence-electron chi connectivity index (χ4n) is 3.15. The van der Waals surface area contributed by atoms with Crippen LogP contribution >= 0.6 is 12.2 Å². The van der Waals surface area contributed by atoms with Crippen LogP contribution in [-0.4, -0.2) is 21.1 Å². The number of hydrazine groups is 1. The molecule has 0 unspecified atom stereocenters. The molecule has 1 aromatic carbocycles. The molecule has 5 nitrogen and oxygen atoms in total. The van der Waals surface area contributed by atoms with Crippen LogP contribution in [-0.2, 0) is 19.5 Å². The molecule has 1 saturated carbocycles. The van der Waals surface area contributed by atoms with Crippen LogP contribution in [0.25, 0.3) is 21.8 Å². The number of rotatable bonds is 1. The van der Waals surface area contributed by atoms with Gasteiger partial charge in [0.05, 0.1) is 11.0 Å². The normalized spacial score (nSPS) is 14.0. The summed E-state index contributed by atoms with van der Waals surface area (Å²) in [7, 11) is 0. The van der Waals surface area contributed by atoms with E-state index in [-0.39, 0.29) is 19.5 Å². The molecule has 0 aliphatic heterocycles. The zero-order valence-corrected chi connectivity index (χ0v) is 17.0. The van der Waals surface area contributed by atoms with E-state index in [1.54, 1.807) is 12.4 Å². The van der Waals surface area contributed by atoms with E-state index in [0.717, 1.165) is 21.8 Å². The SMILES string of the molecule is NNC(=S)NC1CCCCC1.[Ru+2].c1cnc2c(c1)ccc1cccnc12. The predicted molar refractivity (Wildman–Crippen MR) is 107 cm³/mol. The Balaban J connectivity index is 0.000000186. The molecule has 4 rings (SSSR count). The van der Waals surface area contributed by atoms with Crippen LogP contribution in [0.4, 0.5) is 0 Å². The Bertz CT molecular complexity index is 797. The zero-order valence-electron chi connectivity index (χ0n) is 14.5. The molecule has 0 bridgehead atoms. The van der Waals surface area contributed by atoms with Crippen molar-refractivity contribution in [1.29, 1.82) is 0 Å². The second kappa shape index (κ2) is 10.5. The molecule has 26 heavy (non-hydrogen) atoms. The molecule has 7 heteroatoms. The summed E-state index contributed by atoms with van der Waals surface area (Å²) in [5.41, 5.74) is 4.39. The number of nitrogens with zero attached hydrogens (tertiary/aromatic N) is 2. The largest absolute Gasteiger partial charge is 2.00 e. The predicted octanol–water partition coefficient (Wildman–Crippen LogP) is 3.44. The van der Waals surface area contributed by atoms with Crippen molar-refractivity contribution in [2.24, 2.45) is 5.84 Å². The minimum absolute atomic E-state index is 0. The summed E-state index contributed by atoms with van der Waals surface area (Å²) < 4.78 is 0. The van der Waals surface area contributed by atoms with Gasteiger partial charge in [-0.1, -0.05) is 43.5 Å². The first-order chi connectivity index (χ1) is 12.3. The fourth-order valence-corrected chi connectivity index (χ4v) is 3.32. The Morgan fingerprint density at radius 2 is 1.46 bits per heavy atom. The van der Waals surface area contributed by atoms with E-state index in [2.05, 4.69) is 45.0 Å². The molecule has 2 heterocycles. The monoisotopic (exact) mass is 455 g/mol. The van der Waals surface area contributed by atoms with E-state index in [0.29, 0.717) is 11.2 Å². The van der Waals surface area contributed by atoms with Crippen molar-refractivity contribution in [2.75, 3.05) is 0 Å². The molecule has 136 valence electrons. The van der Waals surface area contributed by atoms with Gasteiger partial charge in [-0.25, -0.2) is 5.84 Å². The number of aromatic nitrogens is 2. The van der Waals surface area contributed by atoms with Gasteiger partial charge < -0.3 is 10.7 Å². The number of hydrogen-bond acceptors (Lipinski definition) is 4. The van der Waals surface area contributed by atoms with Crippen molar-refractivity contribution in [3.63, 3.8) is 0 Å². The van der Waals surface area contributed by atoms with Crippen LogP contribution in [0.15, 0.2) is 48.8 Å². The molecule has 0 saturated heterocycles. The molecule has 0 radical (unpaired) electrons. The topological polar surface area (TPSA) is 75.9 Å². The Morgan fingerprint density at radius 3 is 1.96 bits per heavy atom. The minimum Gasteiger partial charge on any atom is -0.359 e. The van der Waals surface area contributed by atoms with Gasteiger partial charge in [-0.2, -0.15) is 0 Å². The van der Waals surface area contributed by atoms with Crippen molar-refractivity contribution in [2.45, 2.75) is 38.1 Å². The van der Waals surface area contributed by atoms with Crippen LogP contribution in [0.5, 0.6) is 0 Å². The van der Waals surface area contributed by atoms with E-state index < -0.39 is 0 Å². The summed E-state index contributed by atoms with van der Waals surface area (Å²) in [6.45, 7) is 0. The van der Waals surface area contributed by atoms with Gasteiger partial charge in [0, 0.05) is 29.2 Å². The fraction of sp³-hybridized carbons (Fsp3) is 0.316. The summed E-state index contributed by atoms with van der Waals surface area (Å²) >= 11 is 4.89. The molecule has 1 aliphatic rings. The number of nitrogens with two attached hydrogens (primary N) is 1. The minimum atomic E-state index is 0. The number of thiocarbonyl (C=S) groups is 1. The number of hydrogen-bond donors (Lipinski definition) is 3. The molecule has 1 fully saturated rings. The number of fused-ring (bicyclic) bond motifs is 3. The van der Waals surface area contributed by atoms with Gasteiger partial charge in [-0.3, -0.25) is 9.97 Å². The summed E-state index contributed by atoms with van der Waals surface area (Å²) in [5.74, 6) is 5.14.